The number of ether oxygens (including phenoxy) is 1. The number of rotatable bonds is 6. The molecule has 0 saturated heterocycles. The molecular formula is C14H16FN5O3. The molecule has 0 fully saturated rings. The number of urea groups is 1. The molecule has 2 rings (SSSR count). The van der Waals surface area contributed by atoms with E-state index in [0.717, 1.165) is 5.56 Å². The number of carbonyl (C=O) groups excluding carboxylic acids is 2. The molecule has 1 aromatic carbocycles. The van der Waals surface area contributed by atoms with Crippen LogP contribution in [0.4, 0.5) is 15.1 Å². The van der Waals surface area contributed by atoms with Crippen LogP contribution in [0.3, 0.4) is 0 Å². The minimum atomic E-state index is -0.613. The molecular weight excluding hydrogens is 305 g/mol. The summed E-state index contributed by atoms with van der Waals surface area (Å²) in [7, 11) is 0. The van der Waals surface area contributed by atoms with Gasteiger partial charge in [0.25, 0.3) is 0 Å². The maximum atomic E-state index is 12.8. The predicted molar refractivity (Wildman–Crippen MR) is 79.2 cm³/mol. The van der Waals surface area contributed by atoms with Crippen LogP contribution in [0, 0.1) is 5.82 Å². The van der Waals surface area contributed by atoms with Crippen LogP contribution in [0.25, 0.3) is 0 Å². The molecule has 0 aliphatic carbocycles. The van der Waals surface area contributed by atoms with Crippen molar-refractivity contribution in [3.8, 4) is 0 Å². The molecule has 0 radical (unpaired) electrons. The molecule has 2 aromatic rings. The number of esters is 1. The largest absolute Gasteiger partial charge is 0.465 e. The van der Waals surface area contributed by atoms with Gasteiger partial charge in [0.1, 0.15) is 18.7 Å². The number of halogens is 1. The fourth-order valence-electron chi connectivity index (χ4n) is 1.72. The Kier molecular flexibility index (Phi) is 5.61. The van der Waals surface area contributed by atoms with Gasteiger partial charge in [-0.3, -0.25) is 10.1 Å². The SMILES string of the molecule is CCOC(=O)CNC(=O)Nc1ncn(Cc2ccc(F)cc2)n1. The van der Waals surface area contributed by atoms with E-state index in [4.69, 9.17) is 0 Å². The molecule has 0 bridgehead atoms. The molecule has 23 heavy (non-hydrogen) atoms. The molecule has 0 saturated carbocycles. The number of anilines is 1. The molecule has 0 aliphatic rings. The topological polar surface area (TPSA) is 98.1 Å². The number of nitrogens with one attached hydrogen (secondary N) is 2. The van der Waals surface area contributed by atoms with E-state index in [2.05, 4.69) is 25.5 Å². The first kappa shape index (κ1) is 16.4. The van der Waals surface area contributed by atoms with Crippen molar-refractivity contribution in [3.63, 3.8) is 0 Å². The zero-order valence-electron chi connectivity index (χ0n) is 12.5. The van der Waals surface area contributed by atoms with Crippen molar-refractivity contribution in [2.45, 2.75) is 13.5 Å². The van der Waals surface area contributed by atoms with E-state index >= 15 is 0 Å². The fraction of sp³-hybridized carbons (Fsp3) is 0.286. The van der Waals surface area contributed by atoms with Crippen molar-refractivity contribution >= 4 is 17.9 Å². The zero-order valence-corrected chi connectivity index (χ0v) is 12.5. The highest BCUT2D eigenvalue weighted by molar-refractivity contribution is 5.89. The van der Waals surface area contributed by atoms with Crippen molar-refractivity contribution in [1.29, 1.82) is 0 Å². The Morgan fingerprint density at radius 1 is 1.30 bits per heavy atom. The van der Waals surface area contributed by atoms with E-state index in [1.54, 1.807) is 19.1 Å². The second-order valence-corrected chi connectivity index (χ2v) is 4.50. The van der Waals surface area contributed by atoms with Gasteiger partial charge < -0.3 is 10.1 Å². The lowest BCUT2D eigenvalue weighted by molar-refractivity contribution is -0.141. The van der Waals surface area contributed by atoms with Gasteiger partial charge >= 0.3 is 12.0 Å². The van der Waals surface area contributed by atoms with Crippen LogP contribution in [-0.2, 0) is 16.1 Å². The van der Waals surface area contributed by atoms with E-state index in [1.807, 2.05) is 0 Å². The van der Waals surface area contributed by atoms with E-state index in [-0.39, 0.29) is 24.9 Å². The summed E-state index contributed by atoms with van der Waals surface area (Å²) in [6, 6.07) is 5.37. The molecule has 0 unspecified atom stereocenters. The van der Waals surface area contributed by atoms with Gasteiger partial charge in [-0.25, -0.2) is 18.9 Å². The quantitative estimate of drug-likeness (QED) is 0.778. The molecule has 9 heteroatoms. The molecule has 0 spiro atoms. The van der Waals surface area contributed by atoms with Gasteiger partial charge in [-0.15, -0.1) is 5.10 Å². The van der Waals surface area contributed by atoms with Crippen LogP contribution in [-0.4, -0.2) is 39.9 Å². The molecule has 1 aromatic heterocycles. The average Bonchev–Trinajstić information content (AvgIpc) is 2.95. The minimum Gasteiger partial charge on any atom is -0.465 e. The first-order valence-electron chi connectivity index (χ1n) is 6.91. The smallest absolute Gasteiger partial charge is 0.325 e. The van der Waals surface area contributed by atoms with Crippen molar-refractivity contribution < 1.29 is 18.7 Å². The summed E-state index contributed by atoms with van der Waals surface area (Å²) in [6.07, 6.45) is 1.43. The normalized spacial score (nSPS) is 10.2. The second kappa shape index (κ2) is 7.87. The number of hydrogen-bond acceptors (Lipinski definition) is 5. The third-order valence-corrected chi connectivity index (χ3v) is 2.72. The van der Waals surface area contributed by atoms with Gasteiger partial charge in [0.05, 0.1) is 13.2 Å². The Morgan fingerprint density at radius 2 is 2.04 bits per heavy atom. The van der Waals surface area contributed by atoms with E-state index in [1.165, 1.54) is 23.1 Å². The summed E-state index contributed by atoms with van der Waals surface area (Å²) < 4.78 is 19.0. The monoisotopic (exact) mass is 321 g/mol. The maximum Gasteiger partial charge on any atom is 0.325 e. The lowest BCUT2D eigenvalue weighted by Gasteiger charge is -2.04. The van der Waals surface area contributed by atoms with Crippen LogP contribution in [0.2, 0.25) is 0 Å². The number of hydrogen-bond donors (Lipinski definition) is 2. The van der Waals surface area contributed by atoms with Crippen molar-refractivity contribution in [2.75, 3.05) is 18.5 Å². The third kappa shape index (κ3) is 5.38. The van der Waals surface area contributed by atoms with Crippen LogP contribution in [0.1, 0.15) is 12.5 Å². The summed E-state index contributed by atoms with van der Waals surface area (Å²) in [4.78, 5) is 26.6. The highest BCUT2D eigenvalue weighted by Crippen LogP contribution is 2.05. The fourth-order valence-corrected chi connectivity index (χ4v) is 1.72. The first-order chi connectivity index (χ1) is 11.1. The van der Waals surface area contributed by atoms with E-state index < -0.39 is 12.0 Å². The lowest BCUT2D eigenvalue weighted by atomic mass is 10.2. The number of amides is 2. The standard InChI is InChI=1S/C14H16FN5O3/c1-2-23-12(21)7-16-14(22)18-13-17-9-20(19-13)8-10-3-5-11(15)6-4-10/h3-6,9H,2,7-8H2,1H3,(H2,16,18,19,22). The van der Waals surface area contributed by atoms with Gasteiger partial charge in [0, 0.05) is 0 Å². The first-order valence-corrected chi connectivity index (χ1v) is 6.91. The van der Waals surface area contributed by atoms with Crippen LogP contribution in [0.15, 0.2) is 30.6 Å². The summed E-state index contributed by atoms with van der Waals surface area (Å²) in [5.41, 5.74) is 0.842. The van der Waals surface area contributed by atoms with Crippen molar-refractivity contribution in [1.82, 2.24) is 20.1 Å². The van der Waals surface area contributed by atoms with E-state index in [9.17, 15) is 14.0 Å². The van der Waals surface area contributed by atoms with Gasteiger partial charge in [0.2, 0.25) is 5.95 Å². The Hall–Kier alpha value is -2.97. The molecule has 0 aliphatic heterocycles. The molecule has 0 atom stereocenters. The Bertz CT molecular complexity index is 671. The molecule has 1 heterocycles. The van der Waals surface area contributed by atoms with Gasteiger partial charge in [0.15, 0.2) is 0 Å². The highest BCUT2D eigenvalue weighted by Gasteiger charge is 2.09. The van der Waals surface area contributed by atoms with Crippen LogP contribution >= 0.6 is 0 Å². The summed E-state index contributed by atoms with van der Waals surface area (Å²) in [5, 5.41) is 8.77. The maximum absolute atomic E-state index is 12.8. The second-order valence-electron chi connectivity index (χ2n) is 4.50. The molecule has 8 nitrogen and oxygen atoms in total. The highest BCUT2D eigenvalue weighted by atomic mass is 19.1. The van der Waals surface area contributed by atoms with Crippen molar-refractivity contribution in [2.24, 2.45) is 0 Å². The summed E-state index contributed by atoms with van der Waals surface area (Å²) in [6.45, 7) is 2.07. The third-order valence-electron chi connectivity index (χ3n) is 2.72. The van der Waals surface area contributed by atoms with Gasteiger partial charge in [-0.05, 0) is 24.6 Å². The van der Waals surface area contributed by atoms with Gasteiger partial charge in [-0.1, -0.05) is 12.1 Å². The summed E-state index contributed by atoms with van der Waals surface area (Å²) >= 11 is 0. The Labute approximate surface area is 131 Å². The average molecular weight is 321 g/mol. The molecule has 2 amide bonds. The number of aromatic nitrogens is 3. The number of carbonyl (C=O) groups is 2. The molecule has 122 valence electrons. The van der Waals surface area contributed by atoms with Crippen LogP contribution in [0.5, 0.6) is 0 Å². The number of nitrogens with zero attached hydrogens (tertiary/aromatic N) is 3. The zero-order chi connectivity index (χ0) is 16.7. The summed E-state index contributed by atoms with van der Waals surface area (Å²) in [5.74, 6) is -0.751. The predicted octanol–water partition coefficient (Wildman–Crippen LogP) is 1.15. The van der Waals surface area contributed by atoms with Gasteiger partial charge in [-0.2, -0.15) is 0 Å². The lowest BCUT2D eigenvalue weighted by Crippen LogP contribution is -2.34. The van der Waals surface area contributed by atoms with Crippen LogP contribution < -0.4 is 10.6 Å². The Balaban J connectivity index is 1.83. The minimum absolute atomic E-state index is 0.0912. The van der Waals surface area contributed by atoms with Crippen molar-refractivity contribution in [3.05, 3.63) is 42.0 Å². The van der Waals surface area contributed by atoms with E-state index in [0.29, 0.717) is 6.54 Å². The molecule has 2 N–H and O–H groups in total. The Morgan fingerprint density at radius 3 is 2.74 bits per heavy atom. The number of benzene rings is 1.